The van der Waals surface area contributed by atoms with Crippen molar-refractivity contribution in [1.29, 1.82) is 0 Å². The number of hydrogen-bond donors (Lipinski definition) is 2. The summed E-state index contributed by atoms with van der Waals surface area (Å²) in [5.41, 5.74) is 0.872. The minimum Gasteiger partial charge on any atom is -0.351 e. The highest BCUT2D eigenvalue weighted by molar-refractivity contribution is 6.21. The molecular formula is C15H20N3O3+. The second kappa shape index (κ2) is 6.49. The lowest BCUT2D eigenvalue weighted by molar-refractivity contribution is -0.878. The molecule has 2 rings (SSSR count). The van der Waals surface area contributed by atoms with Gasteiger partial charge in [0.25, 0.3) is 17.7 Å². The SMILES string of the molecule is CCCNC(=O)C[NH+](C)CN1C(=O)c2ccccc2C1=O. The summed E-state index contributed by atoms with van der Waals surface area (Å²) >= 11 is 0. The first-order valence-corrected chi connectivity index (χ1v) is 7.07. The lowest BCUT2D eigenvalue weighted by Gasteiger charge is -2.19. The van der Waals surface area contributed by atoms with Crippen molar-refractivity contribution in [3.8, 4) is 0 Å². The first-order chi connectivity index (χ1) is 10.0. The van der Waals surface area contributed by atoms with E-state index < -0.39 is 0 Å². The maximum Gasteiger partial charge on any atom is 0.275 e. The molecule has 0 aliphatic carbocycles. The monoisotopic (exact) mass is 290 g/mol. The molecule has 6 nitrogen and oxygen atoms in total. The van der Waals surface area contributed by atoms with Gasteiger partial charge in [-0.3, -0.25) is 14.4 Å². The Balaban J connectivity index is 1.97. The Morgan fingerprint density at radius 1 is 1.19 bits per heavy atom. The van der Waals surface area contributed by atoms with Crippen LogP contribution in [0, 0.1) is 0 Å². The van der Waals surface area contributed by atoms with E-state index in [4.69, 9.17) is 0 Å². The predicted molar refractivity (Wildman–Crippen MR) is 76.9 cm³/mol. The second-order valence-electron chi connectivity index (χ2n) is 5.23. The molecular weight excluding hydrogens is 270 g/mol. The average Bonchev–Trinajstić information content (AvgIpc) is 2.71. The van der Waals surface area contributed by atoms with Crippen molar-refractivity contribution >= 4 is 17.7 Å². The standard InChI is InChI=1S/C15H19N3O3/c1-3-8-16-13(19)9-17(2)10-18-14(20)11-6-4-5-7-12(11)15(18)21/h4-7H,3,8-10H2,1-2H3,(H,16,19)/p+1. The largest absolute Gasteiger partial charge is 0.351 e. The molecule has 0 fully saturated rings. The van der Waals surface area contributed by atoms with Crippen LogP contribution >= 0.6 is 0 Å². The maximum absolute atomic E-state index is 12.2. The number of fused-ring (bicyclic) bond motifs is 1. The number of quaternary nitrogens is 1. The molecule has 0 aromatic heterocycles. The molecule has 2 N–H and O–H groups in total. The van der Waals surface area contributed by atoms with Crippen molar-refractivity contribution in [2.24, 2.45) is 0 Å². The van der Waals surface area contributed by atoms with Gasteiger partial charge in [0.15, 0.2) is 13.2 Å². The molecule has 1 unspecified atom stereocenters. The van der Waals surface area contributed by atoms with Gasteiger partial charge in [-0.05, 0) is 18.6 Å². The molecule has 0 saturated carbocycles. The van der Waals surface area contributed by atoms with Crippen LogP contribution in [0.25, 0.3) is 0 Å². The van der Waals surface area contributed by atoms with Crippen LogP contribution in [0.15, 0.2) is 24.3 Å². The van der Waals surface area contributed by atoms with Crippen LogP contribution in [-0.4, -0.2) is 49.4 Å². The third-order valence-corrected chi connectivity index (χ3v) is 3.34. The Morgan fingerprint density at radius 3 is 2.29 bits per heavy atom. The van der Waals surface area contributed by atoms with E-state index in [0.29, 0.717) is 17.7 Å². The van der Waals surface area contributed by atoms with Crippen molar-refractivity contribution < 1.29 is 19.3 Å². The van der Waals surface area contributed by atoms with Crippen molar-refractivity contribution in [3.05, 3.63) is 35.4 Å². The van der Waals surface area contributed by atoms with E-state index in [1.54, 1.807) is 31.3 Å². The summed E-state index contributed by atoms with van der Waals surface area (Å²) in [7, 11) is 1.79. The van der Waals surface area contributed by atoms with Crippen LogP contribution in [0.3, 0.4) is 0 Å². The summed E-state index contributed by atoms with van der Waals surface area (Å²) in [6.07, 6.45) is 0.878. The van der Waals surface area contributed by atoms with E-state index in [9.17, 15) is 14.4 Å². The smallest absolute Gasteiger partial charge is 0.275 e. The zero-order chi connectivity index (χ0) is 15.4. The Bertz CT molecular complexity index is 536. The number of hydrogen-bond acceptors (Lipinski definition) is 3. The van der Waals surface area contributed by atoms with Gasteiger partial charge in [0, 0.05) is 6.54 Å². The first kappa shape index (κ1) is 15.2. The minimum atomic E-state index is -0.288. The number of imide groups is 1. The third kappa shape index (κ3) is 3.28. The first-order valence-electron chi connectivity index (χ1n) is 7.07. The molecule has 21 heavy (non-hydrogen) atoms. The minimum absolute atomic E-state index is 0.0778. The van der Waals surface area contributed by atoms with E-state index in [0.717, 1.165) is 11.3 Å². The average molecular weight is 290 g/mol. The molecule has 0 saturated heterocycles. The Hall–Kier alpha value is -2.21. The molecule has 0 radical (unpaired) electrons. The number of nitrogens with zero attached hydrogens (tertiary/aromatic N) is 1. The zero-order valence-electron chi connectivity index (χ0n) is 12.3. The van der Waals surface area contributed by atoms with Gasteiger partial charge in [-0.25, -0.2) is 4.90 Å². The van der Waals surface area contributed by atoms with Crippen LogP contribution in [0.1, 0.15) is 34.1 Å². The fraction of sp³-hybridized carbons (Fsp3) is 0.400. The van der Waals surface area contributed by atoms with E-state index in [2.05, 4.69) is 5.32 Å². The number of benzene rings is 1. The predicted octanol–water partition coefficient (Wildman–Crippen LogP) is -0.719. The molecule has 1 aromatic rings. The van der Waals surface area contributed by atoms with Crippen molar-refractivity contribution in [3.63, 3.8) is 0 Å². The number of amides is 3. The molecule has 1 heterocycles. The molecule has 1 aliphatic heterocycles. The van der Waals surface area contributed by atoms with Crippen molar-refractivity contribution in [2.45, 2.75) is 13.3 Å². The highest BCUT2D eigenvalue weighted by Crippen LogP contribution is 2.20. The van der Waals surface area contributed by atoms with Crippen LogP contribution < -0.4 is 10.2 Å². The summed E-state index contributed by atoms with van der Waals surface area (Å²) in [6, 6.07) is 6.78. The van der Waals surface area contributed by atoms with Gasteiger partial charge in [0.2, 0.25) is 0 Å². The number of carbonyl (C=O) groups excluding carboxylic acids is 3. The van der Waals surface area contributed by atoms with E-state index in [1.165, 1.54) is 4.90 Å². The highest BCUT2D eigenvalue weighted by Gasteiger charge is 2.37. The summed E-state index contributed by atoms with van der Waals surface area (Å²) < 4.78 is 0. The molecule has 112 valence electrons. The summed E-state index contributed by atoms with van der Waals surface area (Å²) in [5, 5.41) is 2.78. The van der Waals surface area contributed by atoms with Crippen LogP contribution in [0.5, 0.6) is 0 Å². The number of nitrogens with one attached hydrogen (secondary N) is 2. The van der Waals surface area contributed by atoms with E-state index >= 15 is 0 Å². The quantitative estimate of drug-likeness (QED) is 0.679. The number of likely N-dealkylation sites (N-methyl/N-ethyl adjacent to an activating group) is 1. The van der Waals surface area contributed by atoms with Gasteiger partial charge in [-0.2, -0.15) is 0 Å². The van der Waals surface area contributed by atoms with Crippen molar-refractivity contribution in [1.82, 2.24) is 10.2 Å². The maximum atomic E-state index is 12.2. The van der Waals surface area contributed by atoms with Gasteiger partial charge in [-0.1, -0.05) is 19.1 Å². The second-order valence-corrected chi connectivity index (χ2v) is 5.23. The number of rotatable bonds is 6. The van der Waals surface area contributed by atoms with Crippen LogP contribution in [0.4, 0.5) is 0 Å². The molecule has 1 atom stereocenters. The molecule has 0 bridgehead atoms. The zero-order valence-corrected chi connectivity index (χ0v) is 12.3. The van der Waals surface area contributed by atoms with Gasteiger partial charge in [-0.15, -0.1) is 0 Å². The fourth-order valence-electron chi connectivity index (χ4n) is 2.31. The van der Waals surface area contributed by atoms with E-state index in [1.807, 2.05) is 6.92 Å². The molecule has 0 spiro atoms. The van der Waals surface area contributed by atoms with E-state index in [-0.39, 0.29) is 30.9 Å². The normalized spacial score (nSPS) is 15.0. The Morgan fingerprint density at radius 2 is 1.76 bits per heavy atom. The van der Waals surface area contributed by atoms with Gasteiger partial charge in [0.1, 0.15) is 0 Å². The third-order valence-electron chi connectivity index (χ3n) is 3.34. The topological polar surface area (TPSA) is 70.9 Å². The van der Waals surface area contributed by atoms with Crippen LogP contribution in [-0.2, 0) is 4.79 Å². The van der Waals surface area contributed by atoms with Gasteiger partial charge in [0.05, 0.1) is 18.2 Å². The lowest BCUT2D eigenvalue weighted by atomic mass is 10.1. The lowest BCUT2D eigenvalue weighted by Crippen LogP contribution is -3.12. The molecule has 6 heteroatoms. The summed E-state index contributed by atoms with van der Waals surface area (Å²) in [6.45, 7) is 3.04. The van der Waals surface area contributed by atoms with Crippen LogP contribution in [0.2, 0.25) is 0 Å². The Labute approximate surface area is 123 Å². The fourth-order valence-corrected chi connectivity index (χ4v) is 2.31. The highest BCUT2D eigenvalue weighted by atomic mass is 16.2. The Kier molecular flexibility index (Phi) is 4.70. The van der Waals surface area contributed by atoms with Crippen molar-refractivity contribution in [2.75, 3.05) is 26.8 Å². The number of carbonyl (C=O) groups is 3. The van der Waals surface area contributed by atoms with Gasteiger partial charge >= 0.3 is 0 Å². The molecule has 1 aromatic carbocycles. The molecule has 1 aliphatic rings. The molecule has 3 amide bonds. The summed E-state index contributed by atoms with van der Waals surface area (Å²) in [4.78, 5) is 38.0. The summed E-state index contributed by atoms with van der Waals surface area (Å²) in [5.74, 6) is -0.654. The van der Waals surface area contributed by atoms with Gasteiger partial charge < -0.3 is 10.2 Å².